The van der Waals surface area contributed by atoms with Gasteiger partial charge in [0.15, 0.2) is 0 Å². The molecular weight excluding hydrogens is 212 g/mol. The van der Waals surface area contributed by atoms with Gasteiger partial charge in [-0.1, -0.05) is 6.92 Å². The van der Waals surface area contributed by atoms with Crippen LogP contribution in [0, 0.1) is 0 Å². The van der Waals surface area contributed by atoms with E-state index in [1.807, 2.05) is 6.20 Å². The SMILES string of the molecule is CCc1ncc(CNC2COCC2O)s1. The smallest absolute Gasteiger partial charge is 0.0948 e. The minimum absolute atomic E-state index is 0.0668. The van der Waals surface area contributed by atoms with Crippen LogP contribution in [0.3, 0.4) is 0 Å². The van der Waals surface area contributed by atoms with Gasteiger partial charge in [-0.25, -0.2) is 4.98 Å². The van der Waals surface area contributed by atoms with Crippen LogP contribution >= 0.6 is 11.3 Å². The summed E-state index contributed by atoms with van der Waals surface area (Å²) >= 11 is 1.72. The van der Waals surface area contributed by atoms with Gasteiger partial charge in [-0.05, 0) is 6.42 Å². The van der Waals surface area contributed by atoms with Crippen molar-refractivity contribution >= 4 is 11.3 Å². The van der Waals surface area contributed by atoms with Gasteiger partial charge in [-0.3, -0.25) is 0 Å². The lowest BCUT2D eigenvalue weighted by atomic mass is 10.2. The summed E-state index contributed by atoms with van der Waals surface area (Å²) in [5, 5.41) is 14.0. The molecule has 1 aromatic rings. The first kappa shape index (κ1) is 11.0. The Morgan fingerprint density at radius 1 is 1.67 bits per heavy atom. The van der Waals surface area contributed by atoms with E-state index in [0.717, 1.165) is 18.0 Å². The highest BCUT2D eigenvalue weighted by Crippen LogP contribution is 2.14. The summed E-state index contributed by atoms with van der Waals surface area (Å²) in [5.74, 6) is 0. The molecule has 1 aliphatic heterocycles. The molecule has 1 aliphatic rings. The van der Waals surface area contributed by atoms with Crippen LogP contribution in [-0.2, 0) is 17.7 Å². The van der Waals surface area contributed by atoms with Gasteiger partial charge in [-0.2, -0.15) is 0 Å². The van der Waals surface area contributed by atoms with Gasteiger partial charge in [0, 0.05) is 17.6 Å². The molecule has 5 heteroatoms. The van der Waals surface area contributed by atoms with E-state index in [-0.39, 0.29) is 12.1 Å². The third-order valence-corrected chi connectivity index (χ3v) is 3.63. The van der Waals surface area contributed by atoms with Crippen molar-refractivity contribution in [3.63, 3.8) is 0 Å². The molecule has 0 radical (unpaired) electrons. The zero-order valence-corrected chi connectivity index (χ0v) is 9.59. The van der Waals surface area contributed by atoms with E-state index < -0.39 is 0 Å². The molecule has 0 bridgehead atoms. The maximum absolute atomic E-state index is 9.52. The average Bonchev–Trinajstić information content (AvgIpc) is 2.84. The molecule has 2 N–H and O–H groups in total. The lowest BCUT2D eigenvalue weighted by Gasteiger charge is -2.12. The Bertz CT molecular complexity index is 316. The number of thiazole rings is 1. The summed E-state index contributed by atoms with van der Waals surface area (Å²) in [6.45, 7) is 3.91. The van der Waals surface area contributed by atoms with Crippen molar-refractivity contribution in [1.29, 1.82) is 0 Å². The first-order valence-corrected chi connectivity index (χ1v) is 6.04. The summed E-state index contributed by atoms with van der Waals surface area (Å²) in [6.07, 6.45) is 2.52. The first-order chi connectivity index (χ1) is 7.29. The van der Waals surface area contributed by atoms with E-state index >= 15 is 0 Å². The number of aliphatic hydroxyl groups is 1. The fraction of sp³-hybridized carbons (Fsp3) is 0.700. The molecule has 0 amide bonds. The van der Waals surface area contributed by atoms with E-state index in [1.54, 1.807) is 11.3 Å². The normalized spacial score (nSPS) is 26.0. The second kappa shape index (κ2) is 5.03. The van der Waals surface area contributed by atoms with Crippen LogP contribution in [0.25, 0.3) is 0 Å². The van der Waals surface area contributed by atoms with Crippen molar-refractivity contribution in [3.8, 4) is 0 Å². The molecule has 2 rings (SSSR count). The van der Waals surface area contributed by atoms with Crippen LogP contribution in [0.5, 0.6) is 0 Å². The predicted octanol–water partition coefficient (Wildman–Crippen LogP) is 0.555. The number of rotatable bonds is 4. The van der Waals surface area contributed by atoms with E-state index in [2.05, 4.69) is 17.2 Å². The highest BCUT2D eigenvalue weighted by Gasteiger charge is 2.25. The zero-order valence-electron chi connectivity index (χ0n) is 8.77. The van der Waals surface area contributed by atoms with Crippen molar-refractivity contribution in [2.45, 2.75) is 32.0 Å². The molecule has 2 heterocycles. The Morgan fingerprint density at radius 3 is 3.13 bits per heavy atom. The second-order valence-corrected chi connectivity index (χ2v) is 4.87. The topological polar surface area (TPSA) is 54.4 Å². The average molecular weight is 228 g/mol. The molecule has 84 valence electrons. The molecule has 1 fully saturated rings. The van der Waals surface area contributed by atoms with Crippen molar-refractivity contribution < 1.29 is 9.84 Å². The fourth-order valence-corrected chi connectivity index (χ4v) is 2.38. The molecule has 2 unspecified atom stereocenters. The maximum Gasteiger partial charge on any atom is 0.0948 e. The molecule has 1 saturated heterocycles. The standard InChI is InChI=1S/C10H16N2O2S/c1-2-10-12-4-7(15-10)3-11-8-5-14-6-9(8)13/h4,8-9,11,13H,2-3,5-6H2,1H3. The van der Waals surface area contributed by atoms with Crippen molar-refractivity contribution in [2.75, 3.05) is 13.2 Å². The van der Waals surface area contributed by atoms with Gasteiger partial charge in [0.05, 0.1) is 30.4 Å². The summed E-state index contributed by atoms with van der Waals surface area (Å²) in [4.78, 5) is 5.50. The fourth-order valence-electron chi connectivity index (χ4n) is 1.56. The number of hydrogen-bond donors (Lipinski definition) is 2. The number of aryl methyl sites for hydroxylation is 1. The summed E-state index contributed by atoms with van der Waals surface area (Å²) in [6, 6.07) is 0.0668. The highest BCUT2D eigenvalue weighted by molar-refractivity contribution is 7.11. The number of aromatic nitrogens is 1. The Kier molecular flexibility index (Phi) is 3.69. The van der Waals surface area contributed by atoms with Crippen molar-refractivity contribution in [3.05, 3.63) is 16.1 Å². The summed E-state index contributed by atoms with van der Waals surface area (Å²) in [5.41, 5.74) is 0. The monoisotopic (exact) mass is 228 g/mol. The molecule has 0 spiro atoms. The van der Waals surface area contributed by atoms with Gasteiger partial charge in [-0.15, -0.1) is 11.3 Å². The Balaban J connectivity index is 1.82. The Hall–Kier alpha value is -0.490. The Labute approximate surface area is 93.3 Å². The summed E-state index contributed by atoms with van der Waals surface area (Å²) in [7, 11) is 0. The molecular formula is C10H16N2O2S. The second-order valence-electron chi connectivity index (χ2n) is 3.67. The lowest BCUT2D eigenvalue weighted by molar-refractivity contribution is 0.122. The van der Waals surface area contributed by atoms with Gasteiger partial charge in [0.2, 0.25) is 0 Å². The van der Waals surface area contributed by atoms with Crippen LogP contribution in [0.4, 0.5) is 0 Å². The van der Waals surface area contributed by atoms with Crippen molar-refractivity contribution in [2.24, 2.45) is 0 Å². The largest absolute Gasteiger partial charge is 0.389 e. The van der Waals surface area contributed by atoms with Gasteiger partial charge in [0.25, 0.3) is 0 Å². The molecule has 1 aromatic heterocycles. The van der Waals surface area contributed by atoms with Crippen LogP contribution in [0.2, 0.25) is 0 Å². The zero-order chi connectivity index (χ0) is 10.7. The third-order valence-electron chi connectivity index (χ3n) is 2.49. The minimum atomic E-state index is -0.372. The number of ether oxygens (including phenoxy) is 1. The van der Waals surface area contributed by atoms with Crippen LogP contribution in [0.15, 0.2) is 6.20 Å². The molecule has 15 heavy (non-hydrogen) atoms. The quantitative estimate of drug-likeness (QED) is 0.790. The van der Waals surface area contributed by atoms with E-state index in [1.165, 1.54) is 4.88 Å². The number of nitrogens with zero attached hydrogens (tertiary/aromatic N) is 1. The maximum atomic E-state index is 9.52. The van der Waals surface area contributed by atoms with Crippen molar-refractivity contribution in [1.82, 2.24) is 10.3 Å². The highest BCUT2D eigenvalue weighted by atomic mass is 32.1. The minimum Gasteiger partial charge on any atom is -0.389 e. The lowest BCUT2D eigenvalue weighted by Crippen LogP contribution is -2.38. The Morgan fingerprint density at radius 2 is 2.53 bits per heavy atom. The van der Waals surface area contributed by atoms with E-state index in [0.29, 0.717) is 13.2 Å². The number of aliphatic hydroxyl groups excluding tert-OH is 1. The summed E-state index contributed by atoms with van der Waals surface area (Å²) < 4.78 is 5.16. The van der Waals surface area contributed by atoms with Crippen LogP contribution in [0.1, 0.15) is 16.8 Å². The van der Waals surface area contributed by atoms with Crippen LogP contribution in [-0.4, -0.2) is 35.5 Å². The predicted molar refractivity (Wildman–Crippen MR) is 58.9 cm³/mol. The number of nitrogens with one attached hydrogen (secondary N) is 1. The van der Waals surface area contributed by atoms with Gasteiger partial charge >= 0.3 is 0 Å². The van der Waals surface area contributed by atoms with E-state index in [9.17, 15) is 5.11 Å². The van der Waals surface area contributed by atoms with Gasteiger partial charge < -0.3 is 15.2 Å². The molecule has 0 aliphatic carbocycles. The third kappa shape index (κ3) is 2.75. The van der Waals surface area contributed by atoms with Crippen LogP contribution < -0.4 is 5.32 Å². The first-order valence-electron chi connectivity index (χ1n) is 5.22. The van der Waals surface area contributed by atoms with Gasteiger partial charge in [0.1, 0.15) is 0 Å². The van der Waals surface area contributed by atoms with E-state index in [4.69, 9.17) is 4.74 Å². The molecule has 0 aromatic carbocycles. The molecule has 4 nitrogen and oxygen atoms in total. The molecule has 2 atom stereocenters. The molecule has 0 saturated carbocycles. The number of hydrogen-bond acceptors (Lipinski definition) is 5.